The number of benzene rings is 1. The summed E-state index contributed by atoms with van der Waals surface area (Å²) in [4.78, 5) is 26.7. The highest BCUT2D eigenvalue weighted by Gasteiger charge is 2.20. The van der Waals surface area contributed by atoms with Gasteiger partial charge in [0.1, 0.15) is 16.0 Å². The first-order chi connectivity index (χ1) is 13.6. The molecular formula is C21H21NO5S. The first kappa shape index (κ1) is 18.6. The molecule has 146 valence electrons. The highest BCUT2D eigenvalue weighted by molar-refractivity contribution is 7.17. The van der Waals surface area contributed by atoms with Crippen LogP contribution in [0.4, 0.5) is 5.88 Å². The molecule has 0 unspecified atom stereocenters. The van der Waals surface area contributed by atoms with E-state index >= 15 is 0 Å². The smallest absolute Gasteiger partial charge is 0.341 e. The Morgan fingerprint density at radius 3 is 2.64 bits per heavy atom. The van der Waals surface area contributed by atoms with Crippen LogP contribution in [0.25, 0.3) is 21.4 Å². The third kappa shape index (κ3) is 3.26. The lowest BCUT2D eigenvalue weighted by atomic mass is 10.0. The van der Waals surface area contributed by atoms with Crippen LogP contribution in [0.5, 0.6) is 5.75 Å². The number of thiophene rings is 1. The van der Waals surface area contributed by atoms with Crippen LogP contribution in [0.3, 0.4) is 0 Å². The molecule has 0 amide bonds. The second-order valence-corrected chi connectivity index (χ2v) is 7.59. The summed E-state index contributed by atoms with van der Waals surface area (Å²) in [6, 6.07) is 6.83. The van der Waals surface area contributed by atoms with Crippen molar-refractivity contribution >= 4 is 33.5 Å². The van der Waals surface area contributed by atoms with Gasteiger partial charge in [0.05, 0.1) is 14.2 Å². The summed E-state index contributed by atoms with van der Waals surface area (Å²) in [5.41, 5.74) is 2.52. The lowest BCUT2D eigenvalue weighted by Crippen LogP contribution is -2.29. The number of ether oxygens (including phenoxy) is 2. The average molecular weight is 399 g/mol. The number of fused-ring (bicyclic) bond motifs is 1. The number of rotatable bonds is 4. The van der Waals surface area contributed by atoms with Gasteiger partial charge in [0.2, 0.25) is 5.43 Å². The number of piperidine rings is 1. The highest BCUT2D eigenvalue weighted by Crippen LogP contribution is 2.37. The predicted octanol–water partition coefficient (Wildman–Crippen LogP) is 4.31. The third-order valence-electron chi connectivity index (χ3n) is 5.02. The number of carbonyl (C=O) groups is 1. The standard InChI is InChI=1S/C21H21NO5S/c1-25-17-10-13(6-7-14(17)21(24)26-2)15-12-28-20-16(23)11-18(27-19(15)20)22-8-4-3-5-9-22/h6-7,10-12H,3-5,8-9H2,1-2H3. The van der Waals surface area contributed by atoms with Crippen molar-refractivity contribution in [2.75, 3.05) is 32.2 Å². The van der Waals surface area contributed by atoms with Crippen molar-refractivity contribution in [1.29, 1.82) is 0 Å². The first-order valence-electron chi connectivity index (χ1n) is 9.19. The average Bonchev–Trinajstić information content (AvgIpc) is 3.18. The molecule has 0 N–H and O–H groups in total. The Morgan fingerprint density at radius 2 is 1.93 bits per heavy atom. The molecule has 28 heavy (non-hydrogen) atoms. The topological polar surface area (TPSA) is 69.0 Å². The monoisotopic (exact) mass is 399 g/mol. The summed E-state index contributed by atoms with van der Waals surface area (Å²) in [5.74, 6) is 0.575. The van der Waals surface area contributed by atoms with Gasteiger partial charge in [-0.25, -0.2) is 4.79 Å². The fraction of sp³-hybridized carbons (Fsp3) is 0.333. The van der Waals surface area contributed by atoms with E-state index < -0.39 is 5.97 Å². The zero-order valence-electron chi connectivity index (χ0n) is 15.8. The molecule has 1 aliphatic heterocycles. The van der Waals surface area contributed by atoms with Crippen molar-refractivity contribution in [1.82, 2.24) is 0 Å². The second kappa shape index (κ2) is 7.67. The van der Waals surface area contributed by atoms with E-state index in [2.05, 4.69) is 4.90 Å². The predicted molar refractivity (Wildman–Crippen MR) is 110 cm³/mol. The van der Waals surface area contributed by atoms with E-state index in [0.29, 0.717) is 27.5 Å². The molecule has 0 atom stereocenters. The first-order valence-corrected chi connectivity index (χ1v) is 10.1. The summed E-state index contributed by atoms with van der Waals surface area (Å²) in [6.07, 6.45) is 3.41. The van der Waals surface area contributed by atoms with Gasteiger partial charge in [0.25, 0.3) is 0 Å². The van der Waals surface area contributed by atoms with E-state index in [1.54, 1.807) is 18.2 Å². The molecule has 7 heteroatoms. The molecule has 1 aliphatic rings. The molecule has 0 saturated carbocycles. The number of methoxy groups -OCH3 is 2. The van der Waals surface area contributed by atoms with E-state index in [1.165, 1.54) is 32.0 Å². The molecular weight excluding hydrogens is 378 g/mol. The summed E-state index contributed by atoms with van der Waals surface area (Å²) in [6.45, 7) is 1.80. The Balaban J connectivity index is 1.81. The van der Waals surface area contributed by atoms with Crippen molar-refractivity contribution < 1.29 is 18.7 Å². The zero-order chi connectivity index (χ0) is 19.7. The van der Waals surface area contributed by atoms with Crippen molar-refractivity contribution in [3.63, 3.8) is 0 Å². The van der Waals surface area contributed by atoms with Gasteiger partial charge in [-0.05, 0) is 37.0 Å². The van der Waals surface area contributed by atoms with Gasteiger partial charge < -0.3 is 18.8 Å². The summed E-state index contributed by atoms with van der Waals surface area (Å²) in [5, 5.41) is 1.90. The normalized spacial score (nSPS) is 14.3. The Labute approximate surface area is 166 Å². The summed E-state index contributed by atoms with van der Waals surface area (Å²) < 4.78 is 16.9. The molecule has 0 spiro atoms. The van der Waals surface area contributed by atoms with Crippen LogP contribution in [0, 0.1) is 0 Å². The molecule has 0 radical (unpaired) electrons. The van der Waals surface area contributed by atoms with Gasteiger partial charge >= 0.3 is 5.97 Å². The minimum atomic E-state index is -0.461. The Kier molecular flexibility index (Phi) is 5.09. The molecule has 2 aromatic heterocycles. The maximum Gasteiger partial charge on any atom is 0.341 e. The number of anilines is 1. The van der Waals surface area contributed by atoms with Crippen molar-refractivity contribution in [2.45, 2.75) is 19.3 Å². The van der Waals surface area contributed by atoms with Crippen LogP contribution >= 0.6 is 11.3 Å². The third-order valence-corrected chi connectivity index (χ3v) is 5.99. The fourth-order valence-corrected chi connectivity index (χ4v) is 4.45. The lowest BCUT2D eigenvalue weighted by molar-refractivity contribution is 0.0597. The molecule has 1 aromatic carbocycles. The Morgan fingerprint density at radius 1 is 1.14 bits per heavy atom. The van der Waals surface area contributed by atoms with Gasteiger partial charge in [0.15, 0.2) is 11.5 Å². The van der Waals surface area contributed by atoms with Crippen molar-refractivity contribution in [3.05, 3.63) is 45.4 Å². The van der Waals surface area contributed by atoms with Crippen LogP contribution in [0.2, 0.25) is 0 Å². The van der Waals surface area contributed by atoms with Gasteiger partial charge in [-0.1, -0.05) is 6.07 Å². The number of nitrogens with zero attached hydrogens (tertiary/aromatic N) is 1. The SMILES string of the molecule is COC(=O)c1ccc(-c2csc3c(=O)cc(N4CCCCC4)oc23)cc1OC. The van der Waals surface area contributed by atoms with E-state index in [-0.39, 0.29) is 5.43 Å². The van der Waals surface area contributed by atoms with E-state index in [1.807, 2.05) is 11.4 Å². The van der Waals surface area contributed by atoms with E-state index in [0.717, 1.165) is 37.1 Å². The maximum absolute atomic E-state index is 12.6. The molecule has 1 fully saturated rings. The largest absolute Gasteiger partial charge is 0.496 e. The number of hydrogen-bond acceptors (Lipinski definition) is 7. The van der Waals surface area contributed by atoms with Crippen LogP contribution in [-0.2, 0) is 4.74 Å². The van der Waals surface area contributed by atoms with Crippen LogP contribution < -0.4 is 15.1 Å². The van der Waals surface area contributed by atoms with E-state index in [4.69, 9.17) is 13.9 Å². The van der Waals surface area contributed by atoms with Gasteiger partial charge in [0, 0.05) is 30.1 Å². The summed E-state index contributed by atoms with van der Waals surface area (Å²) in [7, 11) is 2.84. The molecule has 3 heterocycles. The van der Waals surface area contributed by atoms with Gasteiger partial charge in [-0.2, -0.15) is 0 Å². The minimum absolute atomic E-state index is 0.0313. The quantitative estimate of drug-likeness (QED) is 0.609. The zero-order valence-corrected chi connectivity index (χ0v) is 16.6. The lowest BCUT2D eigenvalue weighted by Gasteiger charge is -2.26. The second-order valence-electron chi connectivity index (χ2n) is 6.71. The van der Waals surface area contributed by atoms with Crippen LogP contribution in [0.15, 0.2) is 38.9 Å². The molecule has 3 aromatic rings. The fourth-order valence-electron chi connectivity index (χ4n) is 3.54. The molecule has 0 bridgehead atoms. The van der Waals surface area contributed by atoms with Gasteiger partial charge in [-0.3, -0.25) is 4.79 Å². The highest BCUT2D eigenvalue weighted by atomic mass is 32.1. The van der Waals surface area contributed by atoms with Crippen molar-refractivity contribution in [3.8, 4) is 16.9 Å². The number of hydrogen-bond donors (Lipinski definition) is 0. The molecule has 6 nitrogen and oxygen atoms in total. The van der Waals surface area contributed by atoms with Gasteiger partial charge in [-0.15, -0.1) is 11.3 Å². The molecule has 0 aliphatic carbocycles. The van der Waals surface area contributed by atoms with Crippen LogP contribution in [0.1, 0.15) is 29.6 Å². The Hall–Kier alpha value is -2.80. The van der Waals surface area contributed by atoms with E-state index in [9.17, 15) is 9.59 Å². The molecule has 4 rings (SSSR count). The number of esters is 1. The summed E-state index contributed by atoms with van der Waals surface area (Å²) >= 11 is 1.36. The molecule has 1 saturated heterocycles. The number of carbonyl (C=O) groups excluding carboxylic acids is 1. The Bertz CT molecular complexity index is 1080. The maximum atomic E-state index is 12.6. The minimum Gasteiger partial charge on any atom is -0.496 e. The van der Waals surface area contributed by atoms with Crippen LogP contribution in [-0.4, -0.2) is 33.3 Å². The van der Waals surface area contributed by atoms with Crippen molar-refractivity contribution in [2.24, 2.45) is 0 Å².